The van der Waals surface area contributed by atoms with Gasteiger partial charge in [0.1, 0.15) is 6.04 Å². The van der Waals surface area contributed by atoms with Gasteiger partial charge in [0.25, 0.3) is 0 Å². The third-order valence-corrected chi connectivity index (χ3v) is 4.48. The van der Waals surface area contributed by atoms with Crippen molar-refractivity contribution in [2.45, 2.75) is 32.7 Å². The predicted octanol–water partition coefficient (Wildman–Crippen LogP) is 0.898. The van der Waals surface area contributed by atoms with Gasteiger partial charge in [0.15, 0.2) is 0 Å². The summed E-state index contributed by atoms with van der Waals surface area (Å²) in [6.45, 7) is 4.50. The lowest BCUT2D eigenvalue weighted by Crippen LogP contribution is -2.32. The molecule has 4 N–H and O–H groups in total. The van der Waals surface area contributed by atoms with Gasteiger partial charge in [-0.25, -0.2) is 4.21 Å². The first kappa shape index (κ1) is 17.3. The molecule has 0 aromatic heterocycles. The molecule has 0 aliphatic carbocycles. The lowest BCUT2D eigenvalue weighted by molar-refractivity contribution is -0.138. The molecule has 0 fully saturated rings. The van der Waals surface area contributed by atoms with Crippen molar-refractivity contribution >= 4 is 15.7 Å². The molecule has 0 heterocycles. The average molecular weight is 280 g/mol. The van der Waals surface area contributed by atoms with Crippen molar-refractivity contribution in [2.75, 3.05) is 25.2 Å². The SMILES string of the molecule is COCC(C)(C)CCS(=N)(=O)CC[C@H](N)C(=O)O. The minimum absolute atomic E-state index is 0.0313. The van der Waals surface area contributed by atoms with Crippen LogP contribution >= 0.6 is 0 Å². The molecule has 0 aliphatic heterocycles. The normalized spacial score (nSPS) is 17.1. The minimum atomic E-state index is -2.76. The highest BCUT2D eigenvalue weighted by Crippen LogP contribution is 2.21. The number of hydrogen-bond donors (Lipinski definition) is 3. The monoisotopic (exact) mass is 280 g/mol. The van der Waals surface area contributed by atoms with Crippen LogP contribution in [0.5, 0.6) is 0 Å². The zero-order valence-corrected chi connectivity index (χ0v) is 12.1. The van der Waals surface area contributed by atoms with E-state index in [0.29, 0.717) is 13.0 Å². The summed E-state index contributed by atoms with van der Waals surface area (Å²) in [5.41, 5.74) is 5.19. The highest BCUT2D eigenvalue weighted by Gasteiger charge is 2.21. The maximum absolute atomic E-state index is 11.9. The Balaban J connectivity index is 4.21. The number of carboxylic acid groups (broad SMARTS) is 1. The van der Waals surface area contributed by atoms with Crippen LogP contribution in [0, 0.1) is 10.2 Å². The van der Waals surface area contributed by atoms with Gasteiger partial charge in [0.2, 0.25) is 0 Å². The Labute approximate surface area is 109 Å². The van der Waals surface area contributed by atoms with E-state index < -0.39 is 21.7 Å². The van der Waals surface area contributed by atoms with Gasteiger partial charge in [0.05, 0.1) is 6.61 Å². The van der Waals surface area contributed by atoms with Gasteiger partial charge >= 0.3 is 5.97 Å². The molecule has 6 nitrogen and oxygen atoms in total. The zero-order valence-electron chi connectivity index (χ0n) is 11.3. The van der Waals surface area contributed by atoms with E-state index in [9.17, 15) is 9.00 Å². The fourth-order valence-corrected chi connectivity index (χ4v) is 3.17. The van der Waals surface area contributed by atoms with Crippen LogP contribution in [-0.4, -0.2) is 46.5 Å². The summed E-state index contributed by atoms with van der Waals surface area (Å²) in [5, 5.41) is 8.61. The van der Waals surface area contributed by atoms with E-state index >= 15 is 0 Å². The van der Waals surface area contributed by atoms with Crippen LogP contribution in [-0.2, 0) is 19.3 Å². The number of rotatable bonds is 9. The van der Waals surface area contributed by atoms with Gasteiger partial charge in [-0.3, -0.25) is 9.57 Å². The third-order valence-electron chi connectivity index (χ3n) is 2.72. The van der Waals surface area contributed by atoms with Crippen LogP contribution in [0.1, 0.15) is 26.7 Å². The first-order valence-electron chi connectivity index (χ1n) is 5.81. The molecule has 7 heteroatoms. The van der Waals surface area contributed by atoms with Crippen LogP contribution in [0.15, 0.2) is 0 Å². The smallest absolute Gasteiger partial charge is 0.320 e. The van der Waals surface area contributed by atoms with E-state index in [4.69, 9.17) is 20.4 Å². The van der Waals surface area contributed by atoms with Crippen molar-refractivity contribution in [3.63, 3.8) is 0 Å². The van der Waals surface area contributed by atoms with Gasteiger partial charge in [0, 0.05) is 28.3 Å². The Bertz CT molecular complexity index is 365. The van der Waals surface area contributed by atoms with Crippen molar-refractivity contribution in [2.24, 2.45) is 11.1 Å². The minimum Gasteiger partial charge on any atom is -0.480 e. The lowest BCUT2D eigenvalue weighted by Gasteiger charge is -2.24. The molecule has 1 unspecified atom stereocenters. The number of nitrogens with one attached hydrogen (secondary N) is 1. The summed E-state index contributed by atoms with van der Waals surface area (Å²) in [5.74, 6) is -0.843. The predicted molar refractivity (Wildman–Crippen MR) is 71.1 cm³/mol. The third kappa shape index (κ3) is 7.62. The Morgan fingerprint density at radius 1 is 1.50 bits per heavy atom. The maximum atomic E-state index is 11.9. The number of ether oxygens (including phenoxy) is 1. The van der Waals surface area contributed by atoms with E-state index in [2.05, 4.69) is 0 Å². The molecule has 18 heavy (non-hydrogen) atoms. The molecule has 0 bridgehead atoms. The highest BCUT2D eigenvalue weighted by atomic mass is 32.2. The molecule has 0 spiro atoms. The van der Waals surface area contributed by atoms with Crippen LogP contribution in [0.4, 0.5) is 0 Å². The van der Waals surface area contributed by atoms with E-state index in [0.717, 1.165) is 0 Å². The Kier molecular flexibility index (Phi) is 6.80. The summed E-state index contributed by atoms with van der Waals surface area (Å²) < 4.78 is 24.7. The first-order valence-corrected chi connectivity index (χ1v) is 7.71. The molecule has 0 aromatic rings. The van der Waals surface area contributed by atoms with Crippen molar-refractivity contribution in [3.8, 4) is 0 Å². The molecule has 0 aromatic carbocycles. The van der Waals surface area contributed by atoms with Crippen molar-refractivity contribution in [1.82, 2.24) is 0 Å². The average Bonchev–Trinajstić information content (AvgIpc) is 2.23. The quantitative estimate of drug-likeness (QED) is 0.580. The topological polar surface area (TPSA) is 113 Å². The highest BCUT2D eigenvalue weighted by molar-refractivity contribution is 7.92. The molecule has 0 saturated carbocycles. The molecule has 0 aliphatic rings. The van der Waals surface area contributed by atoms with E-state index in [1.165, 1.54) is 0 Å². The molecule has 0 rings (SSSR count). The number of carbonyl (C=O) groups is 1. The van der Waals surface area contributed by atoms with Crippen molar-refractivity contribution in [3.05, 3.63) is 0 Å². The molecular formula is C11H24N2O4S. The summed E-state index contributed by atoms with van der Waals surface area (Å²) >= 11 is 0. The van der Waals surface area contributed by atoms with Gasteiger partial charge in [-0.2, -0.15) is 0 Å². The lowest BCUT2D eigenvalue weighted by atomic mass is 9.92. The summed E-state index contributed by atoms with van der Waals surface area (Å²) in [6.07, 6.45) is 0.674. The molecule has 2 atom stereocenters. The number of hydrogen-bond acceptors (Lipinski definition) is 5. The molecule has 108 valence electrons. The Morgan fingerprint density at radius 3 is 2.50 bits per heavy atom. The van der Waals surface area contributed by atoms with Crippen LogP contribution in [0.2, 0.25) is 0 Å². The van der Waals surface area contributed by atoms with Crippen LogP contribution < -0.4 is 5.73 Å². The standard InChI is InChI=1S/C11H24N2O4S/c1-11(2,8-17-3)5-7-18(13,16)6-4-9(12)10(14)15/h9,13H,4-8,12H2,1-3H3,(H,14,15)/t9-,18?/m0/s1. The summed E-state index contributed by atoms with van der Waals surface area (Å²) in [6, 6.07) is -1.04. The second-order valence-corrected chi connectivity index (χ2v) is 7.74. The molecule has 0 amide bonds. The van der Waals surface area contributed by atoms with E-state index in [1.807, 2.05) is 13.8 Å². The largest absolute Gasteiger partial charge is 0.480 e. The van der Waals surface area contributed by atoms with Gasteiger partial charge in [-0.05, 0) is 18.3 Å². The molecular weight excluding hydrogens is 256 g/mol. The van der Waals surface area contributed by atoms with Gasteiger partial charge < -0.3 is 15.6 Å². The number of methoxy groups -OCH3 is 1. The summed E-state index contributed by atoms with van der Waals surface area (Å²) in [7, 11) is -1.16. The number of carboxylic acids is 1. The maximum Gasteiger partial charge on any atom is 0.320 e. The fourth-order valence-electron chi connectivity index (χ4n) is 1.45. The zero-order chi connectivity index (χ0) is 14.4. The first-order chi connectivity index (χ1) is 8.09. The van der Waals surface area contributed by atoms with Crippen LogP contribution in [0.25, 0.3) is 0 Å². The fraction of sp³-hybridized carbons (Fsp3) is 0.909. The van der Waals surface area contributed by atoms with Crippen molar-refractivity contribution < 1.29 is 18.8 Å². The number of aliphatic carboxylic acids is 1. The van der Waals surface area contributed by atoms with Gasteiger partial charge in [-0.1, -0.05) is 13.8 Å². The second-order valence-electron chi connectivity index (χ2n) is 5.30. The molecule has 0 saturated heterocycles. The van der Waals surface area contributed by atoms with E-state index in [-0.39, 0.29) is 23.3 Å². The molecule has 0 radical (unpaired) electrons. The van der Waals surface area contributed by atoms with Crippen LogP contribution in [0.3, 0.4) is 0 Å². The Morgan fingerprint density at radius 2 is 2.06 bits per heavy atom. The van der Waals surface area contributed by atoms with Gasteiger partial charge in [-0.15, -0.1) is 0 Å². The van der Waals surface area contributed by atoms with Crippen molar-refractivity contribution in [1.29, 1.82) is 4.78 Å². The number of nitrogens with two attached hydrogens (primary N) is 1. The van der Waals surface area contributed by atoms with E-state index in [1.54, 1.807) is 7.11 Å². The second kappa shape index (κ2) is 7.06. The summed E-state index contributed by atoms with van der Waals surface area (Å²) in [4.78, 5) is 10.5. The Hall–Kier alpha value is -0.660.